The Bertz CT molecular complexity index is 490. The Hall–Kier alpha value is -0.330. The summed E-state index contributed by atoms with van der Waals surface area (Å²) in [7, 11) is 2.15. The highest BCUT2D eigenvalue weighted by atomic mass is 79.9. The minimum Gasteiger partial charge on any atom is -0.383 e. The highest BCUT2D eigenvalue weighted by molar-refractivity contribution is 9.10. The molecule has 1 saturated heterocycles. The number of anilines is 1. The fourth-order valence-corrected chi connectivity index (χ4v) is 4.79. The van der Waals surface area contributed by atoms with Gasteiger partial charge >= 0.3 is 0 Å². The molecule has 1 unspecified atom stereocenters. The van der Waals surface area contributed by atoms with E-state index in [4.69, 9.17) is 10.7 Å². The molecule has 6 heteroatoms. The van der Waals surface area contributed by atoms with Crippen molar-refractivity contribution >= 4 is 33.5 Å². The van der Waals surface area contributed by atoms with E-state index < -0.39 is 0 Å². The maximum Gasteiger partial charge on any atom is 0.149 e. The van der Waals surface area contributed by atoms with E-state index >= 15 is 0 Å². The second-order valence-corrected chi connectivity index (χ2v) is 7.66. The van der Waals surface area contributed by atoms with Crippen LogP contribution in [0.25, 0.3) is 0 Å². The molecule has 0 bridgehead atoms. The lowest BCUT2D eigenvalue weighted by molar-refractivity contribution is 0.264. The van der Waals surface area contributed by atoms with E-state index in [1.807, 2.05) is 11.8 Å². The van der Waals surface area contributed by atoms with Crippen LogP contribution in [0.15, 0.2) is 4.47 Å². The molecule has 20 heavy (non-hydrogen) atoms. The Kier molecular flexibility index (Phi) is 4.52. The van der Waals surface area contributed by atoms with Gasteiger partial charge in [0, 0.05) is 24.0 Å². The SMILES string of the molecule is CN1CCSCC1c1nc(N)c(Br)c(C2CCCC2)n1. The second-order valence-electron chi connectivity index (χ2n) is 5.72. The highest BCUT2D eigenvalue weighted by Gasteiger charge is 2.28. The first kappa shape index (κ1) is 14.6. The van der Waals surface area contributed by atoms with Crippen LogP contribution >= 0.6 is 27.7 Å². The molecule has 1 aromatic rings. The molecule has 1 atom stereocenters. The maximum absolute atomic E-state index is 6.12. The first-order valence-corrected chi connectivity index (χ1v) is 9.22. The normalized spacial score (nSPS) is 25.2. The number of halogens is 1. The zero-order valence-corrected chi connectivity index (χ0v) is 14.2. The molecule has 0 amide bonds. The van der Waals surface area contributed by atoms with Gasteiger partial charge in [-0.05, 0) is 35.8 Å². The van der Waals surface area contributed by atoms with Crippen molar-refractivity contribution in [2.24, 2.45) is 0 Å². The summed E-state index contributed by atoms with van der Waals surface area (Å²) in [6, 6.07) is 0.296. The molecule has 1 saturated carbocycles. The average Bonchev–Trinajstić information content (AvgIpc) is 2.96. The summed E-state index contributed by atoms with van der Waals surface area (Å²) in [6.45, 7) is 1.09. The van der Waals surface area contributed by atoms with Gasteiger partial charge in [0.2, 0.25) is 0 Å². The molecule has 110 valence electrons. The molecule has 0 radical (unpaired) electrons. The van der Waals surface area contributed by atoms with Crippen LogP contribution in [0.5, 0.6) is 0 Å². The predicted octanol–water partition coefficient (Wildman–Crippen LogP) is 3.20. The molecule has 2 heterocycles. The Balaban J connectivity index is 1.95. The van der Waals surface area contributed by atoms with Crippen molar-refractivity contribution in [1.29, 1.82) is 0 Å². The third-order valence-electron chi connectivity index (χ3n) is 4.36. The molecule has 1 aromatic heterocycles. The van der Waals surface area contributed by atoms with Crippen LogP contribution in [0, 0.1) is 0 Å². The molecule has 1 aliphatic heterocycles. The van der Waals surface area contributed by atoms with Crippen LogP contribution in [0.1, 0.15) is 49.2 Å². The molecule has 2 aliphatic rings. The van der Waals surface area contributed by atoms with E-state index in [-0.39, 0.29) is 0 Å². The quantitative estimate of drug-likeness (QED) is 0.881. The number of hydrogen-bond donors (Lipinski definition) is 1. The Morgan fingerprint density at radius 2 is 2.05 bits per heavy atom. The van der Waals surface area contributed by atoms with Gasteiger partial charge < -0.3 is 5.73 Å². The van der Waals surface area contributed by atoms with Crippen molar-refractivity contribution < 1.29 is 0 Å². The van der Waals surface area contributed by atoms with Crippen LogP contribution in [0.4, 0.5) is 5.82 Å². The maximum atomic E-state index is 6.12. The summed E-state index contributed by atoms with van der Waals surface area (Å²) < 4.78 is 0.916. The van der Waals surface area contributed by atoms with Gasteiger partial charge in [-0.25, -0.2) is 9.97 Å². The zero-order valence-electron chi connectivity index (χ0n) is 11.8. The number of aromatic nitrogens is 2. The van der Waals surface area contributed by atoms with Crippen molar-refractivity contribution in [3.63, 3.8) is 0 Å². The lowest BCUT2D eigenvalue weighted by Crippen LogP contribution is -2.34. The molecular formula is C14H21BrN4S. The number of hydrogen-bond acceptors (Lipinski definition) is 5. The van der Waals surface area contributed by atoms with Crippen molar-refractivity contribution in [3.05, 3.63) is 16.0 Å². The number of thioether (sulfide) groups is 1. The minimum absolute atomic E-state index is 0.296. The van der Waals surface area contributed by atoms with Crippen LogP contribution in [-0.4, -0.2) is 40.0 Å². The lowest BCUT2D eigenvalue weighted by atomic mass is 10.0. The van der Waals surface area contributed by atoms with Crippen molar-refractivity contribution in [1.82, 2.24) is 14.9 Å². The van der Waals surface area contributed by atoms with Gasteiger partial charge in [0.05, 0.1) is 16.2 Å². The summed E-state index contributed by atoms with van der Waals surface area (Å²) >= 11 is 5.57. The van der Waals surface area contributed by atoms with Gasteiger partial charge in [-0.2, -0.15) is 11.8 Å². The lowest BCUT2D eigenvalue weighted by Gasteiger charge is -2.31. The van der Waals surface area contributed by atoms with E-state index in [0.717, 1.165) is 28.3 Å². The van der Waals surface area contributed by atoms with Gasteiger partial charge in [-0.3, -0.25) is 4.90 Å². The van der Waals surface area contributed by atoms with Crippen molar-refractivity contribution in [3.8, 4) is 0 Å². The highest BCUT2D eigenvalue weighted by Crippen LogP contribution is 2.39. The van der Waals surface area contributed by atoms with Crippen LogP contribution in [-0.2, 0) is 0 Å². The van der Waals surface area contributed by atoms with Crippen molar-refractivity contribution in [2.75, 3.05) is 30.8 Å². The average molecular weight is 357 g/mol. The smallest absolute Gasteiger partial charge is 0.149 e. The zero-order chi connectivity index (χ0) is 14.1. The topological polar surface area (TPSA) is 55.0 Å². The third-order valence-corrected chi connectivity index (χ3v) is 6.19. The molecule has 2 N–H and O–H groups in total. The van der Waals surface area contributed by atoms with Crippen LogP contribution in [0.3, 0.4) is 0 Å². The number of rotatable bonds is 2. The standard InChI is InChI=1S/C14H21BrN4S/c1-19-6-7-20-8-10(19)14-17-12(9-4-2-3-5-9)11(15)13(16)18-14/h9-10H,2-8H2,1H3,(H2,16,17,18). The predicted molar refractivity (Wildman–Crippen MR) is 88.0 cm³/mol. The summed E-state index contributed by atoms with van der Waals surface area (Å²) in [6.07, 6.45) is 5.05. The van der Waals surface area contributed by atoms with Gasteiger partial charge in [-0.1, -0.05) is 12.8 Å². The first-order chi connectivity index (χ1) is 9.66. The summed E-state index contributed by atoms with van der Waals surface area (Å²) in [5, 5.41) is 0. The molecule has 4 nitrogen and oxygen atoms in total. The van der Waals surface area contributed by atoms with Crippen molar-refractivity contribution in [2.45, 2.75) is 37.6 Å². The van der Waals surface area contributed by atoms with E-state index in [9.17, 15) is 0 Å². The summed E-state index contributed by atoms with van der Waals surface area (Å²) in [5.74, 6) is 4.30. The van der Waals surface area contributed by atoms with Gasteiger partial charge in [0.25, 0.3) is 0 Å². The number of nitrogens with two attached hydrogens (primary N) is 1. The van der Waals surface area contributed by atoms with Crippen LogP contribution in [0.2, 0.25) is 0 Å². The summed E-state index contributed by atoms with van der Waals surface area (Å²) in [4.78, 5) is 11.8. The third kappa shape index (κ3) is 2.83. The second kappa shape index (κ2) is 6.20. The van der Waals surface area contributed by atoms with E-state index in [0.29, 0.717) is 17.8 Å². The summed E-state index contributed by atoms with van der Waals surface area (Å²) in [5.41, 5.74) is 7.25. The monoisotopic (exact) mass is 356 g/mol. The molecule has 2 fully saturated rings. The molecular weight excluding hydrogens is 336 g/mol. The molecule has 3 rings (SSSR count). The minimum atomic E-state index is 0.296. The van der Waals surface area contributed by atoms with E-state index in [1.54, 1.807) is 0 Å². The van der Waals surface area contributed by atoms with Gasteiger partial charge in [0.1, 0.15) is 11.6 Å². The van der Waals surface area contributed by atoms with Gasteiger partial charge in [0.15, 0.2) is 0 Å². The largest absolute Gasteiger partial charge is 0.383 e. The fourth-order valence-electron chi connectivity index (χ4n) is 3.08. The van der Waals surface area contributed by atoms with E-state index in [2.05, 4.69) is 32.9 Å². The van der Waals surface area contributed by atoms with Gasteiger partial charge in [-0.15, -0.1) is 0 Å². The number of nitrogen functional groups attached to an aromatic ring is 1. The molecule has 0 aromatic carbocycles. The van der Waals surface area contributed by atoms with E-state index in [1.165, 1.54) is 31.4 Å². The Morgan fingerprint density at radius 3 is 2.75 bits per heavy atom. The Morgan fingerprint density at radius 1 is 1.30 bits per heavy atom. The number of nitrogens with zero attached hydrogens (tertiary/aromatic N) is 3. The fraction of sp³-hybridized carbons (Fsp3) is 0.714. The first-order valence-electron chi connectivity index (χ1n) is 7.27. The molecule has 0 spiro atoms. The van der Waals surface area contributed by atoms with Crippen LogP contribution < -0.4 is 5.73 Å². The Labute approximate surface area is 133 Å². The molecule has 1 aliphatic carbocycles.